The molecule has 3 nitrogen and oxygen atoms in total. The highest BCUT2D eigenvalue weighted by Gasteiger charge is 2.18. The number of aliphatic imine (C=N–C) groups is 1. The van der Waals surface area contributed by atoms with Gasteiger partial charge in [-0.25, -0.2) is 4.99 Å². The van der Waals surface area contributed by atoms with E-state index < -0.39 is 0 Å². The second-order valence-corrected chi connectivity index (χ2v) is 3.85. The molecule has 0 aromatic rings. The lowest BCUT2D eigenvalue weighted by atomic mass is 9.86. The maximum atomic E-state index is 5.67. The van der Waals surface area contributed by atoms with Crippen molar-refractivity contribution in [2.75, 3.05) is 6.61 Å². The van der Waals surface area contributed by atoms with Crippen molar-refractivity contribution in [3.05, 3.63) is 12.0 Å². The number of halogens is 1. The summed E-state index contributed by atoms with van der Waals surface area (Å²) in [4.78, 5) is 3.97. The minimum Gasteiger partial charge on any atom is -0.490 e. The Morgan fingerprint density at radius 2 is 2.46 bits per heavy atom. The molecule has 1 aliphatic heterocycles. The summed E-state index contributed by atoms with van der Waals surface area (Å²) >= 11 is 5.67. The van der Waals surface area contributed by atoms with Crippen molar-refractivity contribution < 1.29 is 4.74 Å². The van der Waals surface area contributed by atoms with Crippen molar-refractivity contribution in [3.8, 4) is 0 Å². The molecule has 0 radical (unpaired) electrons. The topological polar surface area (TPSA) is 33.6 Å². The van der Waals surface area contributed by atoms with Crippen LogP contribution in [0.2, 0.25) is 0 Å². The summed E-state index contributed by atoms with van der Waals surface area (Å²) in [5.74, 6) is 1.53. The van der Waals surface area contributed by atoms with Gasteiger partial charge in [-0.3, -0.25) is 0 Å². The number of nitrogens with one attached hydrogen (secondary N) is 1. The number of nitrogens with zero attached hydrogens (tertiary/aromatic N) is 1. The zero-order valence-electron chi connectivity index (χ0n) is 7.37. The second-order valence-electron chi connectivity index (χ2n) is 3.44. The third-order valence-corrected chi connectivity index (χ3v) is 2.64. The monoisotopic (exact) mass is 200 g/mol. The van der Waals surface area contributed by atoms with Crippen LogP contribution >= 0.6 is 11.6 Å². The van der Waals surface area contributed by atoms with E-state index >= 15 is 0 Å². The first kappa shape index (κ1) is 8.88. The van der Waals surface area contributed by atoms with Crippen LogP contribution in [-0.4, -0.2) is 18.4 Å². The molecule has 72 valence electrons. The molecule has 0 spiro atoms. The summed E-state index contributed by atoms with van der Waals surface area (Å²) in [7, 11) is 0. The van der Waals surface area contributed by atoms with Gasteiger partial charge < -0.3 is 10.1 Å². The van der Waals surface area contributed by atoms with Gasteiger partial charge in [0.25, 0.3) is 0 Å². The molecule has 13 heavy (non-hydrogen) atoms. The van der Waals surface area contributed by atoms with E-state index in [0.717, 1.165) is 18.3 Å². The summed E-state index contributed by atoms with van der Waals surface area (Å²) < 4.78 is 5.53. The van der Waals surface area contributed by atoms with Crippen LogP contribution in [0.25, 0.3) is 0 Å². The lowest BCUT2D eigenvalue weighted by molar-refractivity contribution is 0.131. The number of alkyl halides is 1. The number of rotatable bonds is 3. The van der Waals surface area contributed by atoms with Crippen molar-refractivity contribution >= 4 is 17.8 Å². The molecule has 0 aromatic heterocycles. The molecular weight excluding hydrogens is 188 g/mol. The van der Waals surface area contributed by atoms with Gasteiger partial charge in [0.05, 0.1) is 12.8 Å². The Bertz CT molecular complexity index is 236. The molecule has 1 aliphatic carbocycles. The number of hydrogen-bond acceptors (Lipinski definition) is 3. The zero-order valence-corrected chi connectivity index (χ0v) is 8.13. The van der Waals surface area contributed by atoms with Gasteiger partial charge in [0, 0.05) is 6.20 Å². The minimum absolute atomic E-state index is 0.337. The van der Waals surface area contributed by atoms with E-state index in [-0.39, 0.29) is 5.62 Å². The zero-order chi connectivity index (χ0) is 9.10. The standard InChI is InChI=1S/C9H13ClN2O/c10-9-11-4-8(5-12-9)13-6-7-2-1-3-7/h4-5,7,9,11H,1-3,6H2. The van der Waals surface area contributed by atoms with Gasteiger partial charge in [-0.05, 0) is 18.8 Å². The Morgan fingerprint density at radius 3 is 3.00 bits per heavy atom. The van der Waals surface area contributed by atoms with E-state index in [1.54, 1.807) is 12.4 Å². The van der Waals surface area contributed by atoms with Crippen LogP contribution < -0.4 is 5.32 Å². The quantitative estimate of drug-likeness (QED) is 0.557. The van der Waals surface area contributed by atoms with E-state index in [4.69, 9.17) is 16.3 Å². The highest BCUT2D eigenvalue weighted by Crippen LogP contribution is 2.26. The molecule has 1 heterocycles. The molecule has 1 unspecified atom stereocenters. The molecule has 2 aliphatic rings. The predicted octanol–water partition coefficient (Wildman–Crippen LogP) is 1.84. The molecule has 1 atom stereocenters. The highest BCUT2D eigenvalue weighted by molar-refractivity contribution is 6.20. The lowest BCUT2D eigenvalue weighted by Gasteiger charge is -2.25. The average Bonchev–Trinajstić information content (AvgIpc) is 2.05. The molecular formula is C9H13ClN2O. The Hall–Kier alpha value is -0.700. The summed E-state index contributed by atoms with van der Waals surface area (Å²) in [5.41, 5.74) is -0.337. The van der Waals surface area contributed by atoms with Crippen LogP contribution in [0.5, 0.6) is 0 Å². The second kappa shape index (κ2) is 4.01. The van der Waals surface area contributed by atoms with E-state index in [9.17, 15) is 0 Å². The van der Waals surface area contributed by atoms with Gasteiger partial charge in [-0.15, -0.1) is 0 Å². The van der Waals surface area contributed by atoms with Crippen molar-refractivity contribution in [2.45, 2.75) is 24.9 Å². The molecule has 4 heteroatoms. The molecule has 0 amide bonds. The fourth-order valence-electron chi connectivity index (χ4n) is 1.32. The first-order valence-electron chi connectivity index (χ1n) is 4.61. The summed E-state index contributed by atoms with van der Waals surface area (Å²) in [5, 5.41) is 2.87. The van der Waals surface area contributed by atoms with Crippen LogP contribution in [0.4, 0.5) is 0 Å². The third-order valence-electron chi connectivity index (χ3n) is 2.41. The maximum absolute atomic E-state index is 5.67. The van der Waals surface area contributed by atoms with Gasteiger partial charge in [-0.1, -0.05) is 18.0 Å². The van der Waals surface area contributed by atoms with Crippen LogP contribution in [-0.2, 0) is 4.74 Å². The smallest absolute Gasteiger partial charge is 0.195 e. The Morgan fingerprint density at radius 1 is 1.62 bits per heavy atom. The van der Waals surface area contributed by atoms with Crippen molar-refractivity contribution in [2.24, 2.45) is 10.9 Å². The Labute approximate surface area is 82.8 Å². The van der Waals surface area contributed by atoms with Gasteiger partial charge in [0.1, 0.15) is 0 Å². The van der Waals surface area contributed by atoms with E-state index in [1.165, 1.54) is 19.3 Å². The van der Waals surface area contributed by atoms with Crippen LogP contribution in [0.15, 0.2) is 17.0 Å². The largest absolute Gasteiger partial charge is 0.490 e. The van der Waals surface area contributed by atoms with Crippen LogP contribution in [0.1, 0.15) is 19.3 Å². The summed E-state index contributed by atoms with van der Waals surface area (Å²) in [6.45, 7) is 0.812. The SMILES string of the molecule is ClC1N=CC(OCC2CCC2)=CN1. The van der Waals surface area contributed by atoms with E-state index in [0.29, 0.717) is 0 Å². The number of hydrogen-bond donors (Lipinski definition) is 1. The first-order valence-corrected chi connectivity index (χ1v) is 5.04. The predicted molar refractivity (Wildman–Crippen MR) is 52.6 cm³/mol. The van der Waals surface area contributed by atoms with E-state index in [2.05, 4.69) is 10.3 Å². The molecule has 1 saturated carbocycles. The van der Waals surface area contributed by atoms with Crippen molar-refractivity contribution in [1.82, 2.24) is 5.32 Å². The highest BCUT2D eigenvalue weighted by atomic mass is 35.5. The summed E-state index contributed by atoms with van der Waals surface area (Å²) in [6.07, 6.45) is 7.39. The maximum Gasteiger partial charge on any atom is 0.195 e. The molecule has 0 aromatic carbocycles. The normalized spacial score (nSPS) is 27.5. The molecule has 2 rings (SSSR count). The average molecular weight is 201 g/mol. The number of ether oxygens (including phenoxy) is 1. The Balaban J connectivity index is 1.72. The van der Waals surface area contributed by atoms with Crippen LogP contribution in [0, 0.1) is 5.92 Å². The minimum atomic E-state index is -0.337. The van der Waals surface area contributed by atoms with Crippen LogP contribution in [0.3, 0.4) is 0 Å². The third kappa shape index (κ3) is 2.37. The summed E-state index contributed by atoms with van der Waals surface area (Å²) in [6, 6.07) is 0. The molecule has 1 N–H and O–H groups in total. The Kier molecular flexibility index (Phi) is 2.74. The fourth-order valence-corrected chi connectivity index (χ4v) is 1.44. The van der Waals surface area contributed by atoms with Gasteiger partial charge in [-0.2, -0.15) is 0 Å². The van der Waals surface area contributed by atoms with Crippen molar-refractivity contribution in [1.29, 1.82) is 0 Å². The van der Waals surface area contributed by atoms with E-state index in [1.807, 2.05) is 0 Å². The molecule has 0 saturated heterocycles. The molecule has 1 fully saturated rings. The van der Waals surface area contributed by atoms with Gasteiger partial charge in [0.15, 0.2) is 11.4 Å². The number of allylic oxidation sites excluding steroid dienone is 1. The molecule has 0 bridgehead atoms. The van der Waals surface area contributed by atoms with Gasteiger partial charge >= 0.3 is 0 Å². The van der Waals surface area contributed by atoms with Gasteiger partial charge in [0.2, 0.25) is 0 Å². The first-order chi connectivity index (χ1) is 6.34. The lowest BCUT2D eigenvalue weighted by Crippen LogP contribution is -2.23. The fraction of sp³-hybridized carbons (Fsp3) is 0.667. The van der Waals surface area contributed by atoms with Crippen molar-refractivity contribution in [3.63, 3.8) is 0 Å².